The van der Waals surface area contributed by atoms with Gasteiger partial charge < -0.3 is 10.4 Å². The number of carboxylic acids is 1. The largest absolute Gasteiger partial charge is 0.478 e. The van der Waals surface area contributed by atoms with E-state index < -0.39 is 5.97 Å². The van der Waals surface area contributed by atoms with Gasteiger partial charge in [-0.2, -0.15) is 23.5 Å². The predicted molar refractivity (Wildman–Crippen MR) is 82.7 cm³/mol. The third kappa shape index (κ3) is 3.79. The van der Waals surface area contributed by atoms with Crippen LogP contribution in [0.4, 0.5) is 5.69 Å². The van der Waals surface area contributed by atoms with Gasteiger partial charge in [0, 0.05) is 34.7 Å². The van der Waals surface area contributed by atoms with Crippen molar-refractivity contribution in [2.24, 2.45) is 0 Å². The molecular weight excluding hydrogens is 280 g/mol. The van der Waals surface area contributed by atoms with Crippen LogP contribution in [0.25, 0.3) is 0 Å². The maximum Gasteiger partial charge on any atom is 0.339 e. The number of pyridine rings is 1. The Morgan fingerprint density at radius 2 is 2.32 bits per heavy atom. The van der Waals surface area contributed by atoms with Crippen LogP contribution in [0.5, 0.6) is 0 Å². The highest BCUT2D eigenvalue weighted by atomic mass is 32.2. The van der Waals surface area contributed by atoms with E-state index in [0.29, 0.717) is 22.2 Å². The summed E-state index contributed by atoms with van der Waals surface area (Å²) < 4.78 is 0. The highest BCUT2D eigenvalue weighted by Crippen LogP contribution is 2.25. The van der Waals surface area contributed by atoms with Crippen LogP contribution in [0.2, 0.25) is 0 Å². The molecule has 4 nitrogen and oxygen atoms in total. The van der Waals surface area contributed by atoms with Crippen molar-refractivity contribution >= 4 is 35.2 Å². The van der Waals surface area contributed by atoms with E-state index in [1.807, 2.05) is 36.5 Å². The molecule has 1 aliphatic heterocycles. The van der Waals surface area contributed by atoms with E-state index in [0.717, 1.165) is 18.0 Å². The van der Waals surface area contributed by atoms with E-state index in [4.69, 9.17) is 0 Å². The molecule has 1 fully saturated rings. The molecule has 1 atom stereocenters. The maximum absolute atomic E-state index is 11.3. The van der Waals surface area contributed by atoms with Crippen molar-refractivity contribution in [3.63, 3.8) is 0 Å². The number of aromatic carboxylic acids is 1. The van der Waals surface area contributed by atoms with Gasteiger partial charge in [0.15, 0.2) is 0 Å². The van der Waals surface area contributed by atoms with Gasteiger partial charge in [0.1, 0.15) is 5.56 Å². The van der Waals surface area contributed by atoms with Gasteiger partial charge >= 0.3 is 5.97 Å². The predicted octanol–water partition coefficient (Wildman–Crippen LogP) is 2.66. The first-order chi connectivity index (χ1) is 9.08. The second kappa shape index (κ2) is 6.52. The Hall–Kier alpha value is -0.880. The lowest BCUT2D eigenvalue weighted by atomic mass is 10.1. The number of aryl methyl sites for hydroxylation is 2. The molecule has 2 N–H and O–H groups in total. The summed E-state index contributed by atoms with van der Waals surface area (Å²) in [4.78, 5) is 15.5. The van der Waals surface area contributed by atoms with Gasteiger partial charge in [-0.15, -0.1) is 0 Å². The highest BCUT2D eigenvalue weighted by molar-refractivity contribution is 8.06. The Morgan fingerprint density at radius 1 is 1.53 bits per heavy atom. The van der Waals surface area contributed by atoms with Gasteiger partial charge in [-0.25, -0.2) is 4.79 Å². The van der Waals surface area contributed by atoms with E-state index in [9.17, 15) is 9.90 Å². The van der Waals surface area contributed by atoms with Crippen molar-refractivity contribution < 1.29 is 9.90 Å². The minimum Gasteiger partial charge on any atom is -0.478 e. The molecule has 0 aromatic carbocycles. The van der Waals surface area contributed by atoms with Gasteiger partial charge in [-0.05, 0) is 19.9 Å². The van der Waals surface area contributed by atoms with E-state index in [2.05, 4.69) is 10.3 Å². The molecule has 1 aromatic heterocycles. The first-order valence-corrected chi connectivity index (χ1v) is 8.43. The summed E-state index contributed by atoms with van der Waals surface area (Å²) in [6, 6.07) is 1.82. The summed E-state index contributed by atoms with van der Waals surface area (Å²) in [6.45, 7) is 4.43. The SMILES string of the molecule is Cc1cc(NCC2CSCCS2)c(C(=O)O)c(C)n1. The Balaban J connectivity index is 2.12. The van der Waals surface area contributed by atoms with Crippen molar-refractivity contribution in [2.45, 2.75) is 19.1 Å². The van der Waals surface area contributed by atoms with Crippen molar-refractivity contribution in [2.75, 3.05) is 29.1 Å². The van der Waals surface area contributed by atoms with Crippen molar-refractivity contribution in [1.82, 2.24) is 4.98 Å². The Bertz CT molecular complexity index is 474. The lowest BCUT2D eigenvalue weighted by Crippen LogP contribution is -2.24. The van der Waals surface area contributed by atoms with E-state index in [1.54, 1.807) is 6.92 Å². The van der Waals surface area contributed by atoms with Crippen LogP contribution < -0.4 is 5.32 Å². The molecule has 0 saturated carbocycles. The molecule has 1 unspecified atom stereocenters. The molecule has 6 heteroatoms. The topological polar surface area (TPSA) is 62.2 Å². The molecule has 1 saturated heterocycles. The van der Waals surface area contributed by atoms with Crippen molar-refractivity contribution in [3.05, 3.63) is 23.0 Å². The van der Waals surface area contributed by atoms with Crippen LogP contribution in [0, 0.1) is 13.8 Å². The zero-order valence-electron chi connectivity index (χ0n) is 11.1. The second-order valence-corrected chi connectivity index (χ2v) is 7.08. The third-order valence-electron chi connectivity index (χ3n) is 2.95. The quantitative estimate of drug-likeness (QED) is 0.891. The number of carboxylic acid groups (broad SMARTS) is 1. The monoisotopic (exact) mass is 298 g/mol. The molecule has 19 heavy (non-hydrogen) atoms. The molecule has 0 radical (unpaired) electrons. The minimum absolute atomic E-state index is 0.291. The van der Waals surface area contributed by atoms with Gasteiger partial charge in [0.2, 0.25) is 0 Å². The number of aromatic nitrogens is 1. The first-order valence-electron chi connectivity index (χ1n) is 6.22. The lowest BCUT2D eigenvalue weighted by Gasteiger charge is -2.22. The number of rotatable bonds is 4. The number of nitrogens with one attached hydrogen (secondary N) is 1. The molecule has 0 spiro atoms. The molecular formula is C13H18N2O2S2. The van der Waals surface area contributed by atoms with Crippen LogP contribution in [0.15, 0.2) is 6.07 Å². The fraction of sp³-hybridized carbons (Fsp3) is 0.538. The van der Waals surface area contributed by atoms with Crippen LogP contribution in [0.1, 0.15) is 21.7 Å². The molecule has 0 amide bonds. The summed E-state index contributed by atoms with van der Waals surface area (Å²) >= 11 is 3.92. The molecule has 1 aromatic rings. The van der Waals surface area contributed by atoms with E-state index in [1.165, 1.54) is 11.5 Å². The number of hydrogen-bond acceptors (Lipinski definition) is 5. The molecule has 1 aliphatic rings. The molecule has 2 heterocycles. The fourth-order valence-corrected chi connectivity index (χ4v) is 4.73. The standard InChI is InChI=1S/C13H18N2O2S2/c1-8-5-11(12(13(16)17)9(2)15-8)14-6-10-7-18-3-4-19-10/h5,10H,3-4,6-7H2,1-2H3,(H,14,15)(H,16,17). The fourth-order valence-electron chi connectivity index (χ4n) is 2.12. The number of thioether (sulfide) groups is 2. The minimum atomic E-state index is -0.918. The first kappa shape index (κ1) is 14.5. The summed E-state index contributed by atoms with van der Waals surface area (Å²) in [5, 5.41) is 13.1. The lowest BCUT2D eigenvalue weighted by molar-refractivity contribution is 0.0696. The summed E-state index contributed by atoms with van der Waals surface area (Å²) in [6.07, 6.45) is 0. The average molecular weight is 298 g/mol. The zero-order chi connectivity index (χ0) is 13.8. The van der Waals surface area contributed by atoms with E-state index in [-0.39, 0.29) is 0 Å². The third-order valence-corrected chi connectivity index (χ3v) is 5.79. The van der Waals surface area contributed by atoms with Gasteiger partial charge in [-0.3, -0.25) is 4.98 Å². The second-order valence-electron chi connectivity index (χ2n) is 4.53. The number of nitrogens with zero attached hydrogens (tertiary/aromatic N) is 1. The Kier molecular flexibility index (Phi) is 4.99. The summed E-state index contributed by atoms with van der Waals surface area (Å²) in [7, 11) is 0. The smallest absolute Gasteiger partial charge is 0.339 e. The van der Waals surface area contributed by atoms with E-state index >= 15 is 0 Å². The average Bonchev–Trinajstić information content (AvgIpc) is 2.36. The van der Waals surface area contributed by atoms with Crippen molar-refractivity contribution in [3.8, 4) is 0 Å². The molecule has 0 bridgehead atoms. The van der Waals surface area contributed by atoms with Gasteiger partial charge in [-0.1, -0.05) is 0 Å². The summed E-state index contributed by atoms with van der Waals surface area (Å²) in [5.41, 5.74) is 2.39. The highest BCUT2D eigenvalue weighted by Gasteiger charge is 2.18. The Morgan fingerprint density at radius 3 is 2.95 bits per heavy atom. The van der Waals surface area contributed by atoms with Crippen LogP contribution in [-0.4, -0.2) is 45.1 Å². The number of anilines is 1. The summed E-state index contributed by atoms with van der Waals surface area (Å²) in [5.74, 6) is 2.60. The van der Waals surface area contributed by atoms with Crippen molar-refractivity contribution in [1.29, 1.82) is 0 Å². The number of hydrogen-bond donors (Lipinski definition) is 2. The van der Waals surface area contributed by atoms with Gasteiger partial charge in [0.25, 0.3) is 0 Å². The normalized spacial score (nSPS) is 19.2. The number of carbonyl (C=O) groups is 1. The maximum atomic E-state index is 11.3. The molecule has 0 aliphatic carbocycles. The van der Waals surface area contributed by atoms with Crippen LogP contribution in [-0.2, 0) is 0 Å². The molecule has 104 valence electrons. The zero-order valence-corrected chi connectivity index (χ0v) is 12.7. The van der Waals surface area contributed by atoms with Crippen LogP contribution >= 0.6 is 23.5 Å². The van der Waals surface area contributed by atoms with Gasteiger partial charge in [0.05, 0.1) is 11.4 Å². The Labute approximate surface area is 121 Å². The molecule has 2 rings (SSSR count). The van der Waals surface area contributed by atoms with Crippen LogP contribution in [0.3, 0.4) is 0 Å².